The number of carbonyl (C=O) groups is 1. The van der Waals surface area contributed by atoms with E-state index in [2.05, 4.69) is 15.6 Å². The number of aromatic nitrogens is 1. The van der Waals surface area contributed by atoms with E-state index in [4.69, 9.17) is 0 Å². The van der Waals surface area contributed by atoms with Crippen LogP contribution in [0.4, 0.5) is 10.5 Å². The highest BCUT2D eigenvalue weighted by atomic mass is 16.2. The maximum Gasteiger partial charge on any atom is 0.319 e. The van der Waals surface area contributed by atoms with E-state index in [0.717, 1.165) is 22.5 Å². The Morgan fingerprint density at radius 1 is 1.16 bits per heavy atom. The molecular formula is C15H17N3O. The average molecular weight is 255 g/mol. The first kappa shape index (κ1) is 13.1. The molecule has 0 fully saturated rings. The number of hydrogen-bond acceptors (Lipinski definition) is 2. The first-order valence-electron chi connectivity index (χ1n) is 6.18. The largest absolute Gasteiger partial charge is 0.332 e. The van der Waals surface area contributed by atoms with Crippen LogP contribution in [0.1, 0.15) is 16.8 Å². The molecule has 4 heteroatoms. The molecule has 0 radical (unpaired) electrons. The number of nitrogens with zero attached hydrogens (tertiary/aromatic N) is 1. The summed E-state index contributed by atoms with van der Waals surface area (Å²) in [5.74, 6) is 0. The number of anilines is 1. The van der Waals surface area contributed by atoms with Crippen LogP contribution < -0.4 is 10.6 Å². The van der Waals surface area contributed by atoms with Gasteiger partial charge in [0, 0.05) is 11.9 Å². The zero-order chi connectivity index (χ0) is 13.7. The van der Waals surface area contributed by atoms with Crippen molar-refractivity contribution < 1.29 is 4.79 Å². The third kappa shape index (κ3) is 3.55. The van der Waals surface area contributed by atoms with Gasteiger partial charge in [0.2, 0.25) is 0 Å². The summed E-state index contributed by atoms with van der Waals surface area (Å²) in [6.45, 7) is 4.42. The van der Waals surface area contributed by atoms with E-state index in [9.17, 15) is 4.79 Å². The molecule has 98 valence electrons. The zero-order valence-corrected chi connectivity index (χ0v) is 11.1. The van der Waals surface area contributed by atoms with Crippen LogP contribution in [0, 0.1) is 13.8 Å². The van der Waals surface area contributed by atoms with Crippen LogP contribution in [0.3, 0.4) is 0 Å². The molecule has 0 aliphatic rings. The molecule has 4 nitrogen and oxygen atoms in total. The highest BCUT2D eigenvalue weighted by Gasteiger charge is 2.05. The van der Waals surface area contributed by atoms with Crippen molar-refractivity contribution in [1.29, 1.82) is 0 Å². The van der Waals surface area contributed by atoms with E-state index >= 15 is 0 Å². The van der Waals surface area contributed by atoms with Crippen LogP contribution in [-0.2, 0) is 6.54 Å². The molecule has 2 amide bonds. The van der Waals surface area contributed by atoms with Crippen molar-refractivity contribution in [3.05, 3.63) is 59.4 Å². The molecule has 0 aliphatic heterocycles. The fraction of sp³-hybridized carbons (Fsp3) is 0.200. The number of pyridine rings is 1. The van der Waals surface area contributed by atoms with Crippen molar-refractivity contribution in [2.75, 3.05) is 5.32 Å². The molecule has 0 saturated heterocycles. The number of rotatable bonds is 3. The summed E-state index contributed by atoms with van der Waals surface area (Å²) in [5.41, 5.74) is 3.90. The van der Waals surface area contributed by atoms with Gasteiger partial charge in [-0.3, -0.25) is 4.98 Å². The van der Waals surface area contributed by atoms with Crippen LogP contribution >= 0.6 is 0 Å². The average Bonchev–Trinajstić information content (AvgIpc) is 2.43. The van der Waals surface area contributed by atoms with Crippen molar-refractivity contribution in [2.45, 2.75) is 20.4 Å². The number of carbonyl (C=O) groups excluding carboxylic acids is 1. The van der Waals surface area contributed by atoms with Crippen molar-refractivity contribution in [2.24, 2.45) is 0 Å². The van der Waals surface area contributed by atoms with Crippen LogP contribution in [0.15, 0.2) is 42.6 Å². The lowest BCUT2D eigenvalue weighted by Crippen LogP contribution is -2.28. The molecule has 0 aliphatic carbocycles. The summed E-state index contributed by atoms with van der Waals surface area (Å²) >= 11 is 0. The van der Waals surface area contributed by atoms with Crippen LogP contribution in [0.5, 0.6) is 0 Å². The third-order valence-corrected chi connectivity index (χ3v) is 3.01. The van der Waals surface area contributed by atoms with Gasteiger partial charge in [-0.15, -0.1) is 0 Å². The topological polar surface area (TPSA) is 54.0 Å². The number of aryl methyl sites for hydroxylation is 1. The second-order valence-electron chi connectivity index (χ2n) is 4.38. The second kappa shape index (κ2) is 6.00. The van der Waals surface area contributed by atoms with Gasteiger partial charge in [0.25, 0.3) is 0 Å². The minimum atomic E-state index is -0.223. The lowest BCUT2D eigenvalue weighted by Gasteiger charge is -2.11. The van der Waals surface area contributed by atoms with Gasteiger partial charge in [-0.1, -0.05) is 18.2 Å². The van der Waals surface area contributed by atoms with Gasteiger partial charge in [0.05, 0.1) is 12.2 Å². The Morgan fingerprint density at radius 2 is 2.00 bits per heavy atom. The first-order chi connectivity index (χ1) is 9.16. The highest BCUT2D eigenvalue weighted by Crippen LogP contribution is 2.17. The molecule has 1 heterocycles. The van der Waals surface area contributed by atoms with Crippen molar-refractivity contribution in [3.8, 4) is 0 Å². The molecule has 0 atom stereocenters. The molecule has 2 aromatic rings. The Balaban J connectivity index is 1.93. The molecule has 0 saturated carbocycles. The fourth-order valence-corrected chi connectivity index (χ4v) is 1.73. The Labute approximate surface area is 112 Å². The predicted molar refractivity (Wildman–Crippen MR) is 76.0 cm³/mol. The van der Waals surface area contributed by atoms with Gasteiger partial charge in [-0.25, -0.2) is 4.79 Å². The van der Waals surface area contributed by atoms with E-state index in [1.54, 1.807) is 6.20 Å². The van der Waals surface area contributed by atoms with Gasteiger partial charge in [0.1, 0.15) is 0 Å². The van der Waals surface area contributed by atoms with E-state index in [1.165, 1.54) is 0 Å². The summed E-state index contributed by atoms with van der Waals surface area (Å²) in [6.07, 6.45) is 1.71. The van der Waals surface area contributed by atoms with Gasteiger partial charge >= 0.3 is 6.03 Å². The number of hydrogen-bond donors (Lipinski definition) is 2. The van der Waals surface area contributed by atoms with Gasteiger partial charge in [0.15, 0.2) is 0 Å². The van der Waals surface area contributed by atoms with Crippen LogP contribution in [0.25, 0.3) is 0 Å². The Bertz CT molecular complexity index is 567. The second-order valence-corrected chi connectivity index (χ2v) is 4.38. The highest BCUT2D eigenvalue weighted by molar-refractivity contribution is 5.90. The van der Waals surface area contributed by atoms with Crippen molar-refractivity contribution >= 4 is 11.7 Å². The SMILES string of the molecule is Cc1cccc(NC(=O)NCc2ccccn2)c1C. The molecular weight excluding hydrogens is 238 g/mol. The third-order valence-electron chi connectivity index (χ3n) is 3.01. The molecule has 1 aromatic heterocycles. The summed E-state index contributed by atoms with van der Waals surface area (Å²) < 4.78 is 0. The Morgan fingerprint density at radius 3 is 2.74 bits per heavy atom. The number of benzene rings is 1. The van der Waals surface area contributed by atoms with Crippen LogP contribution in [-0.4, -0.2) is 11.0 Å². The molecule has 0 unspecified atom stereocenters. The normalized spacial score (nSPS) is 10.0. The molecule has 2 rings (SSSR count). The van der Waals surface area contributed by atoms with Crippen molar-refractivity contribution in [1.82, 2.24) is 10.3 Å². The summed E-state index contributed by atoms with van der Waals surface area (Å²) in [7, 11) is 0. The lowest BCUT2D eigenvalue weighted by atomic mass is 10.1. The van der Waals surface area contributed by atoms with Gasteiger partial charge in [-0.05, 0) is 43.2 Å². The molecule has 0 spiro atoms. The first-order valence-corrected chi connectivity index (χ1v) is 6.18. The van der Waals surface area contributed by atoms with Crippen LogP contribution in [0.2, 0.25) is 0 Å². The van der Waals surface area contributed by atoms with E-state index in [1.807, 2.05) is 50.2 Å². The van der Waals surface area contributed by atoms with Gasteiger partial charge < -0.3 is 10.6 Å². The quantitative estimate of drug-likeness (QED) is 0.885. The monoisotopic (exact) mass is 255 g/mol. The van der Waals surface area contributed by atoms with Gasteiger partial charge in [-0.2, -0.15) is 0 Å². The van der Waals surface area contributed by atoms with E-state index < -0.39 is 0 Å². The fourth-order valence-electron chi connectivity index (χ4n) is 1.73. The molecule has 2 N–H and O–H groups in total. The smallest absolute Gasteiger partial charge is 0.319 e. The minimum absolute atomic E-state index is 0.223. The summed E-state index contributed by atoms with van der Waals surface area (Å²) in [4.78, 5) is 15.9. The lowest BCUT2D eigenvalue weighted by molar-refractivity contribution is 0.251. The molecule has 1 aromatic carbocycles. The summed E-state index contributed by atoms with van der Waals surface area (Å²) in [5, 5.41) is 5.63. The Hall–Kier alpha value is -2.36. The van der Waals surface area contributed by atoms with E-state index in [-0.39, 0.29) is 6.03 Å². The predicted octanol–water partition coefficient (Wildman–Crippen LogP) is 3.02. The maximum absolute atomic E-state index is 11.8. The zero-order valence-electron chi connectivity index (χ0n) is 11.1. The summed E-state index contributed by atoms with van der Waals surface area (Å²) in [6, 6.07) is 11.2. The molecule has 0 bridgehead atoms. The number of amides is 2. The Kier molecular flexibility index (Phi) is 4.13. The molecule has 19 heavy (non-hydrogen) atoms. The standard InChI is InChI=1S/C15H17N3O/c1-11-6-5-8-14(12(11)2)18-15(19)17-10-13-7-3-4-9-16-13/h3-9H,10H2,1-2H3,(H2,17,18,19). The number of urea groups is 1. The van der Waals surface area contributed by atoms with E-state index in [0.29, 0.717) is 6.54 Å². The van der Waals surface area contributed by atoms with Crippen molar-refractivity contribution in [3.63, 3.8) is 0 Å². The number of nitrogens with one attached hydrogen (secondary N) is 2. The maximum atomic E-state index is 11.8. The minimum Gasteiger partial charge on any atom is -0.332 e.